The van der Waals surface area contributed by atoms with Gasteiger partial charge < -0.3 is 10.2 Å². The number of carboxylic acids is 1. The third-order valence-electron chi connectivity index (χ3n) is 3.15. The van der Waals surface area contributed by atoms with Crippen LogP contribution in [0, 0.1) is 0 Å². The number of rotatable bonds is 1. The lowest BCUT2D eigenvalue weighted by Crippen LogP contribution is -2.03. The average Bonchev–Trinajstić information content (AvgIpc) is 2.53. The Bertz CT molecular complexity index is 737. The fourth-order valence-corrected chi connectivity index (χ4v) is 3.31. The number of carbonyl (C=O) groups excluding carboxylic acids is 1. The van der Waals surface area contributed by atoms with Gasteiger partial charge in [-0.3, -0.25) is 4.79 Å². The molecule has 0 fully saturated rings. The van der Waals surface area contributed by atoms with Crippen molar-refractivity contribution in [3.8, 4) is 5.75 Å². The van der Waals surface area contributed by atoms with Crippen molar-refractivity contribution in [2.24, 2.45) is 0 Å². The minimum Gasteiger partial charge on any atom is -0.508 e. The molecule has 0 spiro atoms. The summed E-state index contributed by atoms with van der Waals surface area (Å²) in [5, 5.41) is 18.6. The molecular weight excluding hydrogens is 276 g/mol. The van der Waals surface area contributed by atoms with Gasteiger partial charge in [0.05, 0.1) is 5.56 Å². The first-order chi connectivity index (χ1) is 9.54. The molecule has 0 unspecified atom stereocenters. The normalized spacial score (nSPS) is 13.3. The van der Waals surface area contributed by atoms with Crippen molar-refractivity contribution in [1.82, 2.24) is 0 Å². The third kappa shape index (κ3) is 2.16. The second kappa shape index (κ2) is 4.68. The molecule has 1 aliphatic rings. The number of phenolic OH excluding ortho intramolecular Hbond substituents is 1. The van der Waals surface area contributed by atoms with E-state index in [1.54, 1.807) is 18.2 Å². The Morgan fingerprint density at radius 2 is 1.90 bits per heavy atom. The second-order valence-corrected chi connectivity index (χ2v) is 5.59. The highest BCUT2D eigenvalue weighted by atomic mass is 32.2. The van der Waals surface area contributed by atoms with Gasteiger partial charge in [0.15, 0.2) is 5.78 Å². The number of benzene rings is 2. The van der Waals surface area contributed by atoms with Gasteiger partial charge in [-0.05, 0) is 35.9 Å². The van der Waals surface area contributed by atoms with E-state index in [0.717, 1.165) is 10.5 Å². The molecule has 2 aromatic rings. The van der Waals surface area contributed by atoms with Crippen LogP contribution >= 0.6 is 11.8 Å². The number of Topliss-reactive ketones (excluding diaryl/α,β-unsaturated/α-hetero) is 1. The van der Waals surface area contributed by atoms with Crippen molar-refractivity contribution in [3.05, 3.63) is 53.1 Å². The summed E-state index contributed by atoms with van der Waals surface area (Å²) in [7, 11) is 0. The van der Waals surface area contributed by atoms with Crippen LogP contribution in [0.2, 0.25) is 0 Å². The number of ketones is 1. The summed E-state index contributed by atoms with van der Waals surface area (Å²) in [6.07, 6.45) is 0.236. The summed E-state index contributed by atoms with van der Waals surface area (Å²) >= 11 is 1.31. The largest absolute Gasteiger partial charge is 0.508 e. The standard InChI is InChI=1S/C15H10O4S/c16-10-3-4-11-12(17)5-8-1-2-9(15(18)19)6-13(8)20-14(11)7-10/h1-4,6-7,16H,5H2,(H,18,19). The maximum atomic E-state index is 12.2. The molecular formula is C15H10O4S. The fourth-order valence-electron chi connectivity index (χ4n) is 2.14. The summed E-state index contributed by atoms with van der Waals surface area (Å²) in [6.45, 7) is 0. The predicted octanol–water partition coefficient (Wildman–Crippen LogP) is 2.98. The van der Waals surface area contributed by atoms with Crippen molar-refractivity contribution in [2.75, 3.05) is 0 Å². The minimum atomic E-state index is -1.000. The summed E-state index contributed by atoms with van der Waals surface area (Å²) in [6, 6.07) is 9.35. The number of aromatic hydroxyl groups is 1. The molecule has 2 aromatic carbocycles. The van der Waals surface area contributed by atoms with Crippen LogP contribution in [0.3, 0.4) is 0 Å². The van der Waals surface area contributed by atoms with Crippen LogP contribution in [0.5, 0.6) is 5.75 Å². The minimum absolute atomic E-state index is 0.0330. The van der Waals surface area contributed by atoms with Crippen molar-refractivity contribution < 1.29 is 19.8 Å². The zero-order valence-corrected chi connectivity index (χ0v) is 11.1. The molecule has 0 aromatic heterocycles. The number of phenols is 1. The first kappa shape index (κ1) is 12.7. The van der Waals surface area contributed by atoms with Crippen LogP contribution in [0.25, 0.3) is 0 Å². The number of aromatic carboxylic acids is 1. The third-order valence-corrected chi connectivity index (χ3v) is 4.31. The van der Waals surface area contributed by atoms with Gasteiger partial charge in [-0.1, -0.05) is 17.8 Å². The van der Waals surface area contributed by atoms with Crippen molar-refractivity contribution >= 4 is 23.5 Å². The average molecular weight is 286 g/mol. The molecule has 20 heavy (non-hydrogen) atoms. The fraction of sp³-hybridized carbons (Fsp3) is 0.0667. The zero-order chi connectivity index (χ0) is 14.3. The summed E-state index contributed by atoms with van der Waals surface area (Å²) in [4.78, 5) is 24.6. The predicted molar refractivity (Wildman–Crippen MR) is 73.7 cm³/mol. The van der Waals surface area contributed by atoms with Crippen molar-refractivity contribution in [2.45, 2.75) is 16.2 Å². The highest BCUT2D eigenvalue weighted by Gasteiger charge is 2.21. The summed E-state index contributed by atoms with van der Waals surface area (Å²) in [5.74, 6) is -0.948. The molecule has 1 aliphatic heterocycles. The first-order valence-electron chi connectivity index (χ1n) is 5.95. The lowest BCUT2D eigenvalue weighted by Gasteiger charge is -2.06. The Hall–Kier alpha value is -2.27. The van der Waals surface area contributed by atoms with Gasteiger partial charge in [-0.15, -0.1) is 0 Å². The molecule has 0 radical (unpaired) electrons. The van der Waals surface area contributed by atoms with Gasteiger partial charge in [-0.25, -0.2) is 4.79 Å². The van der Waals surface area contributed by atoms with E-state index in [0.29, 0.717) is 10.5 Å². The van der Waals surface area contributed by atoms with Crippen molar-refractivity contribution in [3.63, 3.8) is 0 Å². The quantitative estimate of drug-likeness (QED) is 0.843. The molecule has 2 N–H and O–H groups in total. The van der Waals surface area contributed by atoms with Crippen LogP contribution in [-0.4, -0.2) is 22.0 Å². The molecule has 0 bridgehead atoms. The second-order valence-electron chi connectivity index (χ2n) is 4.51. The molecule has 100 valence electrons. The van der Waals surface area contributed by atoms with Gasteiger partial charge in [0, 0.05) is 21.8 Å². The van der Waals surface area contributed by atoms with Crippen LogP contribution in [0.15, 0.2) is 46.2 Å². The molecule has 0 saturated heterocycles. The van der Waals surface area contributed by atoms with E-state index in [4.69, 9.17) is 5.11 Å². The smallest absolute Gasteiger partial charge is 0.335 e. The Labute approximate surface area is 119 Å². The van der Waals surface area contributed by atoms with Gasteiger partial charge in [0.1, 0.15) is 5.75 Å². The number of fused-ring (bicyclic) bond motifs is 2. The van der Waals surface area contributed by atoms with Crippen LogP contribution in [-0.2, 0) is 6.42 Å². The Balaban J connectivity index is 2.15. The molecule has 0 saturated carbocycles. The monoisotopic (exact) mass is 286 g/mol. The van der Waals surface area contributed by atoms with Crippen LogP contribution in [0.4, 0.5) is 0 Å². The molecule has 0 aliphatic carbocycles. The first-order valence-corrected chi connectivity index (χ1v) is 6.76. The maximum Gasteiger partial charge on any atom is 0.335 e. The van der Waals surface area contributed by atoms with Crippen molar-refractivity contribution in [1.29, 1.82) is 0 Å². The molecule has 4 nitrogen and oxygen atoms in total. The Morgan fingerprint density at radius 3 is 2.65 bits per heavy atom. The lowest BCUT2D eigenvalue weighted by atomic mass is 10.0. The van der Waals surface area contributed by atoms with E-state index in [1.807, 2.05) is 0 Å². The Morgan fingerprint density at radius 1 is 1.10 bits per heavy atom. The van der Waals surface area contributed by atoms with Crippen LogP contribution < -0.4 is 0 Å². The van der Waals surface area contributed by atoms with Gasteiger partial charge in [0.25, 0.3) is 0 Å². The molecule has 5 heteroatoms. The molecule has 1 heterocycles. The molecule has 0 amide bonds. The molecule has 3 rings (SSSR count). The molecule has 0 atom stereocenters. The number of carboxylic acid groups (broad SMARTS) is 1. The van der Waals surface area contributed by atoms with Gasteiger partial charge >= 0.3 is 5.97 Å². The van der Waals surface area contributed by atoms with E-state index in [1.165, 1.54) is 30.0 Å². The van der Waals surface area contributed by atoms with E-state index in [2.05, 4.69) is 0 Å². The highest BCUT2D eigenvalue weighted by Crippen LogP contribution is 2.39. The Kier molecular flexibility index (Phi) is 2.99. The summed E-state index contributed by atoms with van der Waals surface area (Å²) < 4.78 is 0. The van der Waals surface area contributed by atoms with E-state index in [-0.39, 0.29) is 23.5 Å². The summed E-state index contributed by atoms with van der Waals surface area (Å²) in [5.41, 5.74) is 1.55. The zero-order valence-electron chi connectivity index (χ0n) is 10.3. The SMILES string of the molecule is O=C(O)c1ccc2c(c1)Sc1cc(O)ccc1C(=O)C2. The highest BCUT2D eigenvalue weighted by molar-refractivity contribution is 7.99. The van der Waals surface area contributed by atoms with E-state index in [9.17, 15) is 14.7 Å². The number of hydrogen-bond acceptors (Lipinski definition) is 4. The number of carbonyl (C=O) groups is 2. The van der Waals surface area contributed by atoms with E-state index >= 15 is 0 Å². The van der Waals surface area contributed by atoms with Crippen LogP contribution in [0.1, 0.15) is 26.3 Å². The maximum absolute atomic E-state index is 12.2. The van der Waals surface area contributed by atoms with Gasteiger partial charge in [0.2, 0.25) is 0 Å². The topological polar surface area (TPSA) is 74.6 Å². The van der Waals surface area contributed by atoms with E-state index < -0.39 is 5.97 Å². The van der Waals surface area contributed by atoms with Gasteiger partial charge in [-0.2, -0.15) is 0 Å². The number of hydrogen-bond donors (Lipinski definition) is 2. The lowest BCUT2D eigenvalue weighted by molar-refractivity contribution is 0.0696.